The molecule has 0 aromatic heterocycles. The fourth-order valence-electron chi connectivity index (χ4n) is 2.15. The van der Waals surface area contributed by atoms with Gasteiger partial charge < -0.3 is 14.8 Å². The lowest BCUT2D eigenvalue weighted by atomic mass is 10.3. The van der Waals surface area contributed by atoms with Crippen LogP contribution in [-0.4, -0.2) is 53.7 Å². The molecule has 0 aliphatic carbocycles. The van der Waals surface area contributed by atoms with Crippen LogP contribution in [0.2, 0.25) is 10.0 Å². The SMILES string of the molecule is O=C(COc1ccc(Cl)cc1Cl)NC(N1CCOCC1)C(Cl)(Cl)Cl. The average molecular weight is 437 g/mol. The standard InChI is InChI=1S/C14H15Cl5N2O3/c15-9-1-2-11(10(16)7-9)24-8-12(22)20-13(14(17,18)19)21-3-5-23-6-4-21/h1-2,7,13H,3-6,8H2,(H,20,22). The molecule has 1 aromatic carbocycles. The summed E-state index contributed by atoms with van der Waals surface area (Å²) >= 11 is 29.8. The third kappa shape index (κ3) is 5.99. The van der Waals surface area contributed by atoms with Gasteiger partial charge in [0.2, 0.25) is 3.79 Å². The number of ether oxygens (including phenoxy) is 2. The minimum atomic E-state index is -1.69. The largest absolute Gasteiger partial charge is 0.482 e. The van der Waals surface area contributed by atoms with Gasteiger partial charge >= 0.3 is 0 Å². The molecule has 1 saturated heterocycles. The van der Waals surface area contributed by atoms with E-state index in [4.69, 9.17) is 67.5 Å². The first-order valence-electron chi connectivity index (χ1n) is 7.03. The molecular weight excluding hydrogens is 421 g/mol. The number of alkyl halides is 3. The third-order valence-electron chi connectivity index (χ3n) is 3.27. The zero-order valence-electron chi connectivity index (χ0n) is 12.4. The van der Waals surface area contributed by atoms with Crippen molar-refractivity contribution in [3.63, 3.8) is 0 Å². The minimum Gasteiger partial charge on any atom is -0.482 e. The molecule has 1 aromatic rings. The Kier molecular flexibility index (Phi) is 7.56. The van der Waals surface area contributed by atoms with Gasteiger partial charge in [0, 0.05) is 18.1 Å². The zero-order chi connectivity index (χ0) is 17.7. The van der Waals surface area contributed by atoms with E-state index in [9.17, 15) is 4.79 Å². The van der Waals surface area contributed by atoms with Gasteiger partial charge in [-0.3, -0.25) is 9.69 Å². The summed E-state index contributed by atoms with van der Waals surface area (Å²) in [6.07, 6.45) is -0.789. The first-order chi connectivity index (χ1) is 11.3. The second-order valence-electron chi connectivity index (χ2n) is 5.02. The van der Waals surface area contributed by atoms with E-state index in [0.717, 1.165) is 0 Å². The molecule has 2 rings (SSSR count). The van der Waals surface area contributed by atoms with Gasteiger partial charge in [0.15, 0.2) is 6.61 Å². The van der Waals surface area contributed by atoms with Gasteiger partial charge in [-0.25, -0.2) is 0 Å². The van der Waals surface area contributed by atoms with Gasteiger partial charge in [-0.15, -0.1) is 0 Å². The molecule has 0 spiro atoms. The minimum absolute atomic E-state index is 0.275. The van der Waals surface area contributed by atoms with E-state index in [0.29, 0.717) is 42.1 Å². The van der Waals surface area contributed by atoms with Crippen molar-refractivity contribution in [2.24, 2.45) is 0 Å². The van der Waals surface area contributed by atoms with Crippen LogP contribution in [0.15, 0.2) is 18.2 Å². The maximum Gasteiger partial charge on any atom is 0.259 e. The number of nitrogens with one attached hydrogen (secondary N) is 1. The quantitative estimate of drug-likeness (QED) is 0.718. The normalized spacial score (nSPS) is 17.4. The predicted molar refractivity (Wildman–Crippen MR) is 96.6 cm³/mol. The van der Waals surface area contributed by atoms with E-state index in [1.54, 1.807) is 12.1 Å². The number of hydrogen-bond acceptors (Lipinski definition) is 4. The Morgan fingerprint density at radius 3 is 2.54 bits per heavy atom. The lowest BCUT2D eigenvalue weighted by Crippen LogP contribution is -2.58. The fourth-order valence-corrected chi connectivity index (χ4v) is 3.19. The van der Waals surface area contributed by atoms with Crippen molar-refractivity contribution in [3.05, 3.63) is 28.2 Å². The highest BCUT2D eigenvalue weighted by Gasteiger charge is 2.39. The number of carbonyl (C=O) groups excluding carboxylic acids is 1. The molecule has 5 nitrogen and oxygen atoms in total. The van der Waals surface area contributed by atoms with Crippen LogP contribution in [-0.2, 0) is 9.53 Å². The fraction of sp³-hybridized carbons (Fsp3) is 0.500. The maximum absolute atomic E-state index is 12.2. The molecular formula is C14H15Cl5N2O3. The Bertz CT molecular complexity index is 576. The van der Waals surface area contributed by atoms with Crippen LogP contribution < -0.4 is 10.1 Å². The van der Waals surface area contributed by atoms with E-state index >= 15 is 0 Å². The van der Waals surface area contributed by atoms with Crippen LogP contribution in [0.4, 0.5) is 0 Å². The van der Waals surface area contributed by atoms with Crippen molar-refractivity contribution >= 4 is 63.9 Å². The van der Waals surface area contributed by atoms with Crippen molar-refractivity contribution in [1.29, 1.82) is 0 Å². The third-order valence-corrected chi connectivity index (χ3v) is 4.42. The van der Waals surface area contributed by atoms with Crippen LogP contribution in [0.3, 0.4) is 0 Å². The first kappa shape index (κ1) is 20.2. The monoisotopic (exact) mass is 434 g/mol. The Hall–Kier alpha value is -0.140. The van der Waals surface area contributed by atoms with Gasteiger partial charge in [0.1, 0.15) is 11.9 Å². The summed E-state index contributed by atoms with van der Waals surface area (Å²) in [5, 5.41) is 3.45. The lowest BCUT2D eigenvalue weighted by molar-refractivity contribution is -0.125. The van der Waals surface area contributed by atoms with Crippen LogP contribution in [0.25, 0.3) is 0 Å². The Balaban J connectivity index is 1.94. The molecule has 1 fully saturated rings. The van der Waals surface area contributed by atoms with Crippen LogP contribution in [0, 0.1) is 0 Å². The highest BCUT2D eigenvalue weighted by molar-refractivity contribution is 6.68. The summed E-state index contributed by atoms with van der Waals surface area (Å²) in [6.45, 7) is 1.82. The lowest BCUT2D eigenvalue weighted by Gasteiger charge is -2.38. The molecule has 134 valence electrons. The van der Waals surface area contributed by atoms with E-state index in [2.05, 4.69) is 5.32 Å². The average Bonchev–Trinajstić information content (AvgIpc) is 2.51. The van der Waals surface area contributed by atoms with Gasteiger partial charge in [-0.05, 0) is 18.2 Å². The number of morpholine rings is 1. The number of halogens is 5. The molecule has 1 atom stereocenters. The summed E-state index contributed by atoms with van der Waals surface area (Å²) < 4.78 is 8.95. The first-order valence-corrected chi connectivity index (χ1v) is 8.92. The Labute approximate surface area is 165 Å². The molecule has 1 unspecified atom stereocenters. The molecule has 0 radical (unpaired) electrons. The van der Waals surface area contributed by atoms with Crippen molar-refractivity contribution in [1.82, 2.24) is 10.2 Å². The van der Waals surface area contributed by atoms with Crippen LogP contribution in [0.1, 0.15) is 0 Å². The van der Waals surface area contributed by atoms with Crippen molar-refractivity contribution in [2.45, 2.75) is 9.96 Å². The molecule has 1 heterocycles. The van der Waals surface area contributed by atoms with E-state index in [1.165, 1.54) is 6.07 Å². The van der Waals surface area contributed by atoms with Crippen LogP contribution >= 0.6 is 58.0 Å². The van der Waals surface area contributed by atoms with E-state index in [-0.39, 0.29) is 6.61 Å². The Morgan fingerprint density at radius 1 is 1.29 bits per heavy atom. The topological polar surface area (TPSA) is 50.8 Å². The van der Waals surface area contributed by atoms with Crippen molar-refractivity contribution in [3.8, 4) is 5.75 Å². The van der Waals surface area contributed by atoms with Gasteiger partial charge in [0.25, 0.3) is 5.91 Å². The zero-order valence-corrected chi connectivity index (χ0v) is 16.2. The van der Waals surface area contributed by atoms with E-state index in [1.807, 2.05) is 4.90 Å². The molecule has 1 N–H and O–H groups in total. The van der Waals surface area contributed by atoms with Gasteiger partial charge in [0.05, 0.1) is 18.2 Å². The summed E-state index contributed by atoms with van der Waals surface area (Å²) in [6, 6.07) is 4.71. The van der Waals surface area contributed by atoms with Crippen LogP contribution in [0.5, 0.6) is 5.75 Å². The summed E-state index contributed by atoms with van der Waals surface area (Å²) in [5.41, 5.74) is 0. The molecule has 0 saturated carbocycles. The molecule has 10 heteroatoms. The number of hydrogen-bond donors (Lipinski definition) is 1. The number of amides is 1. The van der Waals surface area contributed by atoms with Gasteiger partial charge in [-0.1, -0.05) is 58.0 Å². The second kappa shape index (κ2) is 8.99. The maximum atomic E-state index is 12.2. The Morgan fingerprint density at radius 2 is 1.96 bits per heavy atom. The molecule has 24 heavy (non-hydrogen) atoms. The van der Waals surface area contributed by atoms with Crippen molar-refractivity contribution in [2.75, 3.05) is 32.9 Å². The molecule has 1 aliphatic heterocycles. The smallest absolute Gasteiger partial charge is 0.259 e. The number of carbonyl (C=O) groups is 1. The van der Waals surface area contributed by atoms with Crippen molar-refractivity contribution < 1.29 is 14.3 Å². The predicted octanol–water partition coefficient (Wildman–Crippen LogP) is 3.52. The molecule has 0 bridgehead atoms. The number of rotatable bonds is 5. The summed E-state index contributed by atoms with van der Waals surface area (Å²) in [4.78, 5) is 14.0. The summed E-state index contributed by atoms with van der Waals surface area (Å²) in [7, 11) is 0. The van der Waals surface area contributed by atoms with E-state index < -0.39 is 15.9 Å². The number of nitrogens with zero attached hydrogens (tertiary/aromatic N) is 1. The molecule has 1 aliphatic rings. The second-order valence-corrected chi connectivity index (χ2v) is 8.24. The number of benzene rings is 1. The molecule has 1 amide bonds. The summed E-state index contributed by atoms with van der Waals surface area (Å²) in [5.74, 6) is -0.100. The highest BCUT2D eigenvalue weighted by Crippen LogP contribution is 2.32. The highest BCUT2D eigenvalue weighted by atomic mass is 35.6. The van der Waals surface area contributed by atoms with Gasteiger partial charge in [-0.2, -0.15) is 0 Å².